The number of anilines is 4. The minimum Gasteiger partial charge on any atom is -0.378 e. The first-order valence-electron chi connectivity index (χ1n) is 9.41. The summed E-state index contributed by atoms with van der Waals surface area (Å²) in [5, 5.41) is 6.11. The minimum absolute atomic E-state index is 0.267. The van der Waals surface area contributed by atoms with Crippen LogP contribution in [0.15, 0.2) is 66.9 Å². The van der Waals surface area contributed by atoms with Crippen LogP contribution in [-0.4, -0.2) is 37.2 Å². The summed E-state index contributed by atoms with van der Waals surface area (Å²) in [5.74, 6) is -0.715. The first-order valence-corrected chi connectivity index (χ1v) is 9.41. The number of rotatable bonds is 5. The van der Waals surface area contributed by atoms with Gasteiger partial charge in [0.05, 0.1) is 24.6 Å². The lowest BCUT2D eigenvalue weighted by Crippen LogP contribution is -2.36. The maximum absolute atomic E-state index is 13.0. The number of aromatic nitrogens is 1. The van der Waals surface area contributed by atoms with E-state index in [0.29, 0.717) is 18.9 Å². The topological polar surface area (TPSA) is 66.5 Å². The number of nitrogens with one attached hydrogen (secondary N) is 2. The van der Waals surface area contributed by atoms with Gasteiger partial charge in [-0.3, -0.25) is 9.78 Å². The fourth-order valence-corrected chi connectivity index (χ4v) is 3.18. The molecule has 1 aliphatic heterocycles. The van der Waals surface area contributed by atoms with Gasteiger partial charge in [-0.2, -0.15) is 0 Å². The van der Waals surface area contributed by atoms with Crippen molar-refractivity contribution >= 4 is 28.7 Å². The predicted octanol–water partition coefficient (Wildman–Crippen LogP) is 4.05. The summed E-state index contributed by atoms with van der Waals surface area (Å²) in [4.78, 5) is 18.9. The maximum Gasteiger partial charge on any atom is 0.274 e. The average Bonchev–Trinajstić information content (AvgIpc) is 2.76. The molecule has 4 rings (SSSR count). The van der Waals surface area contributed by atoms with Gasteiger partial charge in [0.2, 0.25) is 0 Å². The second kappa shape index (κ2) is 8.70. The van der Waals surface area contributed by atoms with E-state index in [1.807, 2.05) is 24.3 Å². The van der Waals surface area contributed by atoms with Crippen molar-refractivity contribution in [3.05, 3.63) is 78.4 Å². The number of benzene rings is 2. The SMILES string of the molecule is O=C(Nc1ccc(F)cc1)c1cc(Nc2ccccc2N2CCOCC2)ccn1. The molecule has 3 aromatic rings. The molecule has 0 radical (unpaired) electrons. The highest BCUT2D eigenvalue weighted by Crippen LogP contribution is 2.29. The Balaban J connectivity index is 1.51. The molecule has 0 unspecified atom stereocenters. The van der Waals surface area contributed by atoms with Gasteiger partial charge in [0, 0.05) is 30.7 Å². The molecule has 29 heavy (non-hydrogen) atoms. The van der Waals surface area contributed by atoms with Gasteiger partial charge in [0.1, 0.15) is 11.5 Å². The van der Waals surface area contributed by atoms with Crippen LogP contribution in [0.25, 0.3) is 0 Å². The first kappa shape index (κ1) is 18.9. The van der Waals surface area contributed by atoms with Crippen LogP contribution in [-0.2, 0) is 4.74 Å². The van der Waals surface area contributed by atoms with E-state index in [1.165, 1.54) is 24.3 Å². The Hall–Kier alpha value is -3.45. The Morgan fingerprint density at radius 3 is 2.55 bits per heavy atom. The van der Waals surface area contributed by atoms with Crippen LogP contribution in [0.3, 0.4) is 0 Å². The number of morpholine rings is 1. The maximum atomic E-state index is 13.0. The van der Waals surface area contributed by atoms with Gasteiger partial charge < -0.3 is 20.3 Å². The molecule has 0 saturated carbocycles. The molecular formula is C22H21FN4O2. The fourth-order valence-electron chi connectivity index (χ4n) is 3.18. The second-order valence-corrected chi connectivity index (χ2v) is 6.63. The Kier molecular flexibility index (Phi) is 5.67. The highest BCUT2D eigenvalue weighted by atomic mass is 19.1. The van der Waals surface area contributed by atoms with Crippen LogP contribution in [0, 0.1) is 5.82 Å². The highest BCUT2D eigenvalue weighted by molar-refractivity contribution is 6.03. The van der Waals surface area contributed by atoms with Crippen molar-refractivity contribution in [3.8, 4) is 0 Å². The molecule has 0 aliphatic carbocycles. The number of amides is 1. The number of carbonyl (C=O) groups is 1. The number of para-hydroxylation sites is 2. The largest absolute Gasteiger partial charge is 0.378 e. The van der Waals surface area contributed by atoms with E-state index in [1.54, 1.807) is 12.3 Å². The third-order valence-corrected chi connectivity index (χ3v) is 4.63. The molecule has 1 fully saturated rings. The Morgan fingerprint density at radius 2 is 1.76 bits per heavy atom. The van der Waals surface area contributed by atoms with Crippen LogP contribution >= 0.6 is 0 Å². The molecule has 0 spiro atoms. The summed E-state index contributed by atoms with van der Waals surface area (Å²) in [6, 6.07) is 17.1. The van der Waals surface area contributed by atoms with Crippen LogP contribution in [0.5, 0.6) is 0 Å². The zero-order valence-electron chi connectivity index (χ0n) is 15.8. The van der Waals surface area contributed by atoms with Crippen molar-refractivity contribution in [1.82, 2.24) is 4.98 Å². The van der Waals surface area contributed by atoms with Gasteiger partial charge in [-0.25, -0.2) is 4.39 Å². The smallest absolute Gasteiger partial charge is 0.274 e. The van der Waals surface area contributed by atoms with Crippen LogP contribution in [0.2, 0.25) is 0 Å². The molecule has 6 nitrogen and oxygen atoms in total. The minimum atomic E-state index is -0.360. The molecular weight excluding hydrogens is 371 g/mol. The number of nitrogens with zero attached hydrogens (tertiary/aromatic N) is 2. The zero-order chi connectivity index (χ0) is 20.1. The molecule has 0 atom stereocenters. The quantitative estimate of drug-likeness (QED) is 0.686. The lowest BCUT2D eigenvalue weighted by Gasteiger charge is -2.30. The number of hydrogen-bond acceptors (Lipinski definition) is 5. The molecule has 1 amide bonds. The Labute approximate surface area is 168 Å². The van der Waals surface area contributed by atoms with E-state index in [2.05, 4.69) is 26.6 Å². The summed E-state index contributed by atoms with van der Waals surface area (Å²) < 4.78 is 18.5. The van der Waals surface area contributed by atoms with Gasteiger partial charge in [0.25, 0.3) is 5.91 Å². The zero-order valence-corrected chi connectivity index (χ0v) is 15.8. The molecule has 1 saturated heterocycles. The summed E-state index contributed by atoms with van der Waals surface area (Å²) in [6.07, 6.45) is 1.58. The van der Waals surface area contributed by atoms with Gasteiger partial charge in [-0.05, 0) is 48.5 Å². The standard InChI is InChI=1S/C22H21FN4O2/c23-16-5-7-17(8-6-16)26-22(28)20-15-18(9-10-24-20)25-19-3-1-2-4-21(19)27-11-13-29-14-12-27/h1-10,15H,11-14H2,(H,24,25)(H,26,28). The van der Waals surface area contributed by atoms with Crippen molar-refractivity contribution in [2.75, 3.05) is 41.8 Å². The monoisotopic (exact) mass is 392 g/mol. The van der Waals surface area contributed by atoms with Gasteiger partial charge in [-0.15, -0.1) is 0 Å². The van der Waals surface area contributed by atoms with Gasteiger partial charge in [0.15, 0.2) is 0 Å². The molecule has 2 N–H and O–H groups in total. The normalized spacial score (nSPS) is 13.8. The van der Waals surface area contributed by atoms with Crippen molar-refractivity contribution in [3.63, 3.8) is 0 Å². The van der Waals surface area contributed by atoms with Gasteiger partial charge in [-0.1, -0.05) is 12.1 Å². The Bertz CT molecular complexity index is 988. The molecule has 2 heterocycles. The third-order valence-electron chi connectivity index (χ3n) is 4.63. The van der Waals surface area contributed by atoms with E-state index in [0.717, 1.165) is 30.2 Å². The molecule has 1 aliphatic rings. The molecule has 2 aromatic carbocycles. The summed E-state index contributed by atoms with van der Waals surface area (Å²) in [7, 11) is 0. The van der Waals surface area contributed by atoms with E-state index in [4.69, 9.17) is 4.74 Å². The van der Waals surface area contributed by atoms with E-state index >= 15 is 0 Å². The molecule has 148 valence electrons. The lowest BCUT2D eigenvalue weighted by molar-refractivity contribution is 0.102. The molecule has 0 bridgehead atoms. The molecule has 7 heteroatoms. The Morgan fingerprint density at radius 1 is 1.00 bits per heavy atom. The van der Waals surface area contributed by atoms with Crippen molar-refractivity contribution in [1.29, 1.82) is 0 Å². The van der Waals surface area contributed by atoms with Crippen LogP contribution < -0.4 is 15.5 Å². The van der Waals surface area contributed by atoms with Crippen molar-refractivity contribution in [2.24, 2.45) is 0 Å². The van der Waals surface area contributed by atoms with E-state index < -0.39 is 0 Å². The summed E-state index contributed by atoms with van der Waals surface area (Å²) >= 11 is 0. The predicted molar refractivity (Wildman–Crippen MR) is 111 cm³/mol. The number of ether oxygens (including phenoxy) is 1. The number of halogens is 1. The number of pyridine rings is 1. The summed E-state index contributed by atoms with van der Waals surface area (Å²) in [5.41, 5.74) is 3.57. The number of hydrogen-bond donors (Lipinski definition) is 2. The van der Waals surface area contributed by atoms with E-state index in [-0.39, 0.29) is 17.4 Å². The summed E-state index contributed by atoms with van der Waals surface area (Å²) in [6.45, 7) is 3.08. The van der Waals surface area contributed by atoms with E-state index in [9.17, 15) is 9.18 Å². The highest BCUT2D eigenvalue weighted by Gasteiger charge is 2.15. The fraction of sp³-hybridized carbons (Fsp3) is 0.182. The van der Waals surface area contributed by atoms with Crippen molar-refractivity contribution < 1.29 is 13.9 Å². The van der Waals surface area contributed by atoms with Crippen LogP contribution in [0.4, 0.5) is 27.1 Å². The van der Waals surface area contributed by atoms with Crippen molar-refractivity contribution in [2.45, 2.75) is 0 Å². The second-order valence-electron chi connectivity index (χ2n) is 6.63. The molecule has 1 aromatic heterocycles. The number of carbonyl (C=O) groups excluding carboxylic acids is 1. The van der Waals surface area contributed by atoms with Gasteiger partial charge >= 0.3 is 0 Å². The lowest BCUT2D eigenvalue weighted by atomic mass is 10.2. The average molecular weight is 392 g/mol. The first-order chi connectivity index (χ1) is 14.2. The van der Waals surface area contributed by atoms with Crippen LogP contribution in [0.1, 0.15) is 10.5 Å². The third kappa shape index (κ3) is 4.70.